The van der Waals surface area contributed by atoms with Crippen molar-refractivity contribution in [2.45, 2.75) is 78.7 Å². The van der Waals surface area contributed by atoms with E-state index in [-0.39, 0.29) is 0 Å². The lowest BCUT2D eigenvalue weighted by Gasteiger charge is -2.39. The molecule has 1 fully saturated rings. The summed E-state index contributed by atoms with van der Waals surface area (Å²) in [7, 11) is 0. The van der Waals surface area contributed by atoms with Crippen LogP contribution < -0.4 is 0 Å². The maximum absolute atomic E-state index is 2.63. The summed E-state index contributed by atoms with van der Waals surface area (Å²) in [4.78, 5) is 4.09. The number of benzene rings is 1. The second kappa shape index (κ2) is 9.85. The number of hydrogen-bond donors (Lipinski definition) is 0. The molecule has 26 heavy (non-hydrogen) atoms. The molecule has 1 aromatic carbocycles. The smallest absolute Gasteiger partial charge is 0.0309 e. The van der Waals surface area contributed by atoms with E-state index in [9.17, 15) is 0 Å². The molecule has 0 spiro atoms. The van der Waals surface area contributed by atoms with Crippen molar-refractivity contribution >= 4 is 11.9 Å². The van der Waals surface area contributed by atoms with Crippen LogP contribution in [-0.4, -0.2) is 34.9 Å². The van der Waals surface area contributed by atoms with Crippen molar-refractivity contribution in [1.82, 2.24) is 9.21 Å². The summed E-state index contributed by atoms with van der Waals surface area (Å²) >= 11 is 1.97. The van der Waals surface area contributed by atoms with E-state index in [1.807, 2.05) is 11.9 Å². The van der Waals surface area contributed by atoms with Crippen molar-refractivity contribution < 1.29 is 0 Å². The lowest BCUT2D eigenvalue weighted by molar-refractivity contribution is 0.179. The highest BCUT2D eigenvalue weighted by molar-refractivity contribution is 7.97. The molecule has 0 amide bonds. The first-order valence-electron chi connectivity index (χ1n) is 10.2. The quantitative estimate of drug-likeness (QED) is 0.513. The third-order valence-corrected chi connectivity index (χ3v) is 6.69. The largest absolute Gasteiger partial charge is 0.374 e. The van der Waals surface area contributed by atoms with Crippen LogP contribution in [0.15, 0.2) is 28.8 Å². The van der Waals surface area contributed by atoms with E-state index in [0.29, 0.717) is 12.0 Å². The number of aryl methyl sites for hydroxylation is 3. The fourth-order valence-corrected chi connectivity index (χ4v) is 4.87. The molecule has 2 rings (SSSR count). The molecule has 3 heteroatoms. The predicted molar refractivity (Wildman–Crippen MR) is 117 cm³/mol. The van der Waals surface area contributed by atoms with E-state index >= 15 is 0 Å². The molecule has 0 aromatic heterocycles. The highest BCUT2D eigenvalue weighted by Crippen LogP contribution is 2.33. The Hall–Kier alpha value is -0.930. The SMILES string of the molecule is CC/C(C)=C\N(CC(C)C)C1CCN(Sc2c(C)cc(C)cc2C)CC1. The minimum atomic E-state index is 0.691. The van der Waals surface area contributed by atoms with Gasteiger partial charge in [0.2, 0.25) is 0 Å². The van der Waals surface area contributed by atoms with Crippen molar-refractivity contribution in [2.24, 2.45) is 5.92 Å². The van der Waals surface area contributed by atoms with Gasteiger partial charge in [0.15, 0.2) is 0 Å². The van der Waals surface area contributed by atoms with E-state index < -0.39 is 0 Å². The molecule has 0 radical (unpaired) electrons. The fourth-order valence-electron chi connectivity index (χ4n) is 3.81. The van der Waals surface area contributed by atoms with Gasteiger partial charge in [-0.15, -0.1) is 0 Å². The molecule has 1 aliphatic rings. The van der Waals surface area contributed by atoms with E-state index in [1.165, 1.54) is 59.6 Å². The molecule has 0 aliphatic carbocycles. The number of rotatable bonds is 7. The first-order valence-corrected chi connectivity index (χ1v) is 11.0. The van der Waals surface area contributed by atoms with Gasteiger partial charge in [0.25, 0.3) is 0 Å². The van der Waals surface area contributed by atoms with Gasteiger partial charge in [-0.2, -0.15) is 0 Å². The van der Waals surface area contributed by atoms with Crippen LogP contribution in [-0.2, 0) is 0 Å². The molecule has 1 heterocycles. The molecule has 0 N–H and O–H groups in total. The molecule has 0 unspecified atom stereocenters. The van der Waals surface area contributed by atoms with Gasteiger partial charge in [0.05, 0.1) is 0 Å². The molecule has 0 bridgehead atoms. The molecule has 1 aliphatic heterocycles. The van der Waals surface area contributed by atoms with Crippen LogP contribution in [0.3, 0.4) is 0 Å². The molecule has 0 saturated carbocycles. The first kappa shape index (κ1) is 21.4. The minimum Gasteiger partial charge on any atom is -0.374 e. The van der Waals surface area contributed by atoms with Crippen LogP contribution in [0.25, 0.3) is 0 Å². The topological polar surface area (TPSA) is 6.48 Å². The molecule has 146 valence electrons. The standard InChI is InChI=1S/C23H38N2S/c1-8-18(4)16-24(15-17(2)3)22-9-11-25(12-10-22)26-23-20(6)13-19(5)14-21(23)7/h13-14,16-17,22H,8-12,15H2,1-7H3/b18-16-. The van der Waals surface area contributed by atoms with Gasteiger partial charge in [-0.1, -0.05) is 44.0 Å². The van der Waals surface area contributed by atoms with Gasteiger partial charge < -0.3 is 4.90 Å². The highest BCUT2D eigenvalue weighted by atomic mass is 32.2. The van der Waals surface area contributed by atoms with E-state index in [4.69, 9.17) is 0 Å². The first-order chi connectivity index (χ1) is 12.3. The summed E-state index contributed by atoms with van der Waals surface area (Å²) in [6, 6.07) is 5.31. The van der Waals surface area contributed by atoms with Gasteiger partial charge in [-0.25, -0.2) is 4.31 Å². The predicted octanol–water partition coefficient (Wildman–Crippen LogP) is 6.36. The fraction of sp³-hybridized carbons (Fsp3) is 0.652. The lowest BCUT2D eigenvalue weighted by atomic mass is 10.0. The monoisotopic (exact) mass is 374 g/mol. The third kappa shape index (κ3) is 6.06. The molecule has 0 atom stereocenters. The van der Waals surface area contributed by atoms with E-state index in [0.717, 1.165) is 6.42 Å². The van der Waals surface area contributed by atoms with Crippen molar-refractivity contribution in [3.05, 3.63) is 40.6 Å². The van der Waals surface area contributed by atoms with Gasteiger partial charge >= 0.3 is 0 Å². The molecule has 1 aromatic rings. The maximum atomic E-state index is 2.63. The number of nitrogens with zero attached hydrogens (tertiary/aromatic N) is 2. The summed E-state index contributed by atoms with van der Waals surface area (Å²) in [5.74, 6) is 0.709. The average molecular weight is 375 g/mol. The molecular formula is C23H38N2S. The Morgan fingerprint density at radius 3 is 2.27 bits per heavy atom. The summed E-state index contributed by atoms with van der Waals surface area (Å²) in [6.45, 7) is 19.4. The molecular weight excluding hydrogens is 336 g/mol. The van der Waals surface area contributed by atoms with Gasteiger partial charge in [-0.05, 0) is 82.2 Å². The third-order valence-electron chi connectivity index (χ3n) is 5.24. The number of allylic oxidation sites excluding steroid dienone is 1. The maximum Gasteiger partial charge on any atom is 0.0309 e. The van der Waals surface area contributed by atoms with Crippen LogP contribution in [0.1, 0.15) is 63.6 Å². The molecule has 1 saturated heterocycles. The van der Waals surface area contributed by atoms with Crippen LogP contribution in [0.4, 0.5) is 0 Å². The van der Waals surface area contributed by atoms with Crippen LogP contribution in [0, 0.1) is 26.7 Å². The Labute approximate surface area is 166 Å². The van der Waals surface area contributed by atoms with Crippen LogP contribution in [0.5, 0.6) is 0 Å². The second-order valence-corrected chi connectivity index (χ2v) is 9.51. The van der Waals surface area contributed by atoms with Crippen molar-refractivity contribution in [2.75, 3.05) is 19.6 Å². The van der Waals surface area contributed by atoms with Gasteiger partial charge in [0, 0.05) is 30.6 Å². The van der Waals surface area contributed by atoms with Crippen LogP contribution in [0.2, 0.25) is 0 Å². The zero-order valence-corrected chi connectivity index (χ0v) is 18.7. The Morgan fingerprint density at radius 2 is 1.77 bits per heavy atom. The van der Waals surface area contributed by atoms with Gasteiger partial charge in [-0.3, -0.25) is 0 Å². The lowest BCUT2D eigenvalue weighted by Crippen LogP contribution is -2.42. The Balaban J connectivity index is 1.99. The van der Waals surface area contributed by atoms with Crippen LogP contribution >= 0.6 is 11.9 Å². The van der Waals surface area contributed by atoms with Crippen molar-refractivity contribution in [3.63, 3.8) is 0 Å². The molecule has 2 nitrogen and oxygen atoms in total. The zero-order valence-electron chi connectivity index (χ0n) is 17.9. The number of hydrogen-bond acceptors (Lipinski definition) is 3. The second-order valence-electron chi connectivity index (χ2n) is 8.40. The summed E-state index contributed by atoms with van der Waals surface area (Å²) in [6.07, 6.45) is 6.10. The zero-order chi connectivity index (χ0) is 19.3. The Morgan fingerprint density at radius 1 is 1.19 bits per heavy atom. The Bertz CT molecular complexity index is 590. The Kier molecular flexibility index (Phi) is 8.09. The van der Waals surface area contributed by atoms with Gasteiger partial charge in [0.1, 0.15) is 0 Å². The number of piperidine rings is 1. The summed E-state index contributed by atoms with van der Waals surface area (Å²) < 4.78 is 2.57. The highest BCUT2D eigenvalue weighted by Gasteiger charge is 2.24. The van der Waals surface area contributed by atoms with Crippen molar-refractivity contribution in [3.8, 4) is 0 Å². The van der Waals surface area contributed by atoms with Crippen molar-refractivity contribution in [1.29, 1.82) is 0 Å². The summed E-state index contributed by atoms with van der Waals surface area (Å²) in [5, 5.41) is 0. The minimum absolute atomic E-state index is 0.691. The van der Waals surface area contributed by atoms with E-state index in [2.05, 4.69) is 76.0 Å². The normalized spacial score (nSPS) is 17.2. The average Bonchev–Trinajstić information content (AvgIpc) is 2.57. The summed E-state index contributed by atoms with van der Waals surface area (Å²) in [5.41, 5.74) is 5.69. The van der Waals surface area contributed by atoms with E-state index in [1.54, 1.807) is 0 Å².